The maximum atomic E-state index is 6.25. The molecule has 3 atom stereocenters. The molecule has 1 aliphatic heterocycles. The molecule has 0 bridgehead atoms. The highest BCUT2D eigenvalue weighted by atomic mass is 16.5. The Morgan fingerprint density at radius 2 is 1.89 bits per heavy atom. The van der Waals surface area contributed by atoms with Crippen molar-refractivity contribution in [2.24, 2.45) is 11.8 Å². The van der Waals surface area contributed by atoms with Gasteiger partial charge >= 0.3 is 0 Å². The van der Waals surface area contributed by atoms with Crippen LogP contribution >= 0.6 is 0 Å². The van der Waals surface area contributed by atoms with Gasteiger partial charge < -0.3 is 10.1 Å². The maximum Gasteiger partial charge on any atom is 0.0685 e. The van der Waals surface area contributed by atoms with Gasteiger partial charge in [-0.1, -0.05) is 26.2 Å². The molecule has 110 valence electrons. The number of hydrogen-bond acceptors (Lipinski definition) is 2. The summed E-state index contributed by atoms with van der Waals surface area (Å²) in [4.78, 5) is 0. The van der Waals surface area contributed by atoms with Crippen LogP contribution in [0.2, 0.25) is 0 Å². The summed E-state index contributed by atoms with van der Waals surface area (Å²) in [5.74, 6) is 1.93. The number of hydrogen-bond donors (Lipinski definition) is 1. The zero-order valence-corrected chi connectivity index (χ0v) is 12.6. The van der Waals surface area contributed by atoms with Gasteiger partial charge in [0.1, 0.15) is 0 Å². The van der Waals surface area contributed by atoms with Crippen molar-refractivity contribution in [2.75, 3.05) is 13.2 Å². The van der Waals surface area contributed by atoms with E-state index in [0.717, 1.165) is 31.0 Å². The topological polar surface area (TPSA) is 21.3 Å². The molecule has 1 N–H and O–H groups in total. The molecule has 1 spiro atoms. The maximum absolute atomic E-state index is 6.25. The molecular formula is C17H31NO. The van der Waals surface area contributed by atoms with E-state index in [0.29, 0.717) is 5.60 Å². The molecule has 0 aromatic carbocycles. The molecule has 1 saturated heterocycles. The minimum absolute atomic E-state index is 0.303. The molecule has 0 aromatic heterocycles. The zero-order chi connectivity index (χ0) is 13.1. The summed E-state index contributed by atoms with van der Waals surface area (Å²) in [7, 11) is 0. The first-order valence-corrected chi connectivity index (χ1v) is 8.69. The molecule has 0 radical (unpaired) electrons. The van der Waals surface area contributed by atoms with Gasteiger partial charge in [0.25, 0.3) is 0 Å². The lowest BCUT2D eigenvalue weighted by molar-refractivity contribution is -0.124. The molecule has 2 heteroatoms. The predicted octanol–water partition coefficient (Wildman–Crippen LogP) is 3.89. The largest absolute Gasteiger partial charge is 0.375 e. The molecule has 1 heterocycles. The minimum atomic E-state index is 0.303. The van der Waals surface area contributed by atoms with Crippen LogP contribution in [0.25, 0.3) is 0 Å². The highest BCUT2D eigenvalue weighted by molar-refractivity contribution is 4.94. The average Bonchev–Trinajstić information content (AvgIpc) is 2.89. The highest BCUT2D eigenvalue weighted by Gasteiger charge is 2.42. The quantitative estimate of drug-likeness (QED) is 0.836. The Bertz CT molecular complexity index is 279. The van der Waals surface area contributed by atoms with Crippen LogP contribution in [0.4, 0.5) is 0 Å². The van der Waals surface area contributed by atoms with Gasteiger partial charge in [-0.15, -0.1) is 0 Å². The second-order valence-electron chi connectivity index (χ2n) is 7.17. The summed E-state index contributed by atoms with van der Waals surface area (Å²) in [5, 5.41) is 3.65. The predicted molar refractivity (Wildman–Crippen MR) is 79.3 cm³/mol. The van der Waals surface area contributed by atoms with Gasteiger partial charge in [0.05, 0.1) is 5.60 Å². The third-order valence-electron chi connectivity index (χ3n) is 5.93. The van der Waals surface area contributed by atoms with E-state index in [-0.39, 0.29) is 0 Å². The molecule has 2 aliphatic carbocycles. The Morgan fingerprint density at radius 1 is 1.05 bits per heavy atom. The van der Waals surface area contributed by atoms with Crippen LogP contribution in [-0.4, -0.2) is 24.8 Å². The normalized spacial score (nSPS) is 38.7. The first kappa shape index (κ1) is 13.9. The summed E-state index contributed by atoms with van der Waals surface area (Å²) in [6.07, 6.45) is 13.9. The van der Waals surface area contributed by atoms with Crippen molar-refractivity contribution >= 4 is 0 Å². The average molecular weight is 265 g/mol. The molecule has 3 fully saturated rings. The minimum Gasteiger partial charge on any atom is -0.375 e. The number of ether oxygens (including phenoxy) is 1. The number of nitrogens with one attached hydrogen (secondary N) is 1. The Hall–Kier alpha value is -0.0800. The van der Waals surface area contributed by atoms with Crippen LogP contribution in [0, 0.1) is 11.8 Å². The Labute approximate surface area is 118 Å². The van der Waals surface area contributed by atoms with Gasteiger partial charge in [0, 0.05) is 12.6 Å². The van der Waals surface area contributed by atoms with Crippen molar-refractivity contribution in [3.63, 3.8) is 0 Å². The molecule has 2 saturated carbocycles. The summed E-state index contributed by atoms with van der Waals surface area (Å²) in [6, 6.07) is 0.806. The first-order valence-electron chi connectivity index (χ1n) is 8.69. The van der Waals surface area contributed by atoms with Crippen LogP contribution in [0.1, 0.15) is 71.1 Å². The van der Waals surface area contributed by atoms with Gasteiger partial charge in [0.15, 0.2) is 0 Å². The summed E-state index contributed by atoms with van der Waals surface area (Å²) in [6.45, 7) is 4.40. The van der Waals surface area contributed by atoms with Gasteiger partial charge in [-0.05, 0) is 63.3 Å². The van der Waals surface area contributed by atoms with Gasteiger partial charge in [-0.25, -0.2) is 0 Å². The summed E-state index contributed by atoms with van der Waals surface area (Å²) >= 11 is 0. The van der Waals surface area contributed by atoms with Crippen LogP contribution in [0.15, 0.2) is 0 Å². The Morgan fingerprint density at radius 3 is 2.68 bits per heavy atom. The van der Waals surface area contributed by atoms with E-state index in [1.807, 2.05) is 0 Å². The van der Waals surface area contributed by atoms with Gasteiger partial charge in [0.2, 0.25) is 0 Å². The molecule has 0 amide bonds. The monoisotopic (exact) mass is 265 g/mol. The fourth-order valence-corrected chi connectivity index (χ4v) is 4.93. The van der Waals surface area contributed by atoms with Crippen LogP contribution in [0.5, 0.6) is 0 Å². The molecule has 3 rings (SSSR count). The third-order valence-corrected chi connectivity index (χ3v) is 5.93. The molecule has 0 aromatic rings. The van der Waals surface area contributed by atoms with Crippen molar-refractivity contribution in [1.82, 2.24) is 5.32 Å². The zero-order valence-electron chi connectivity index (χ0n) is 12.6. The highest BCUT2D eigenvalue weighted by Crippen LogP contribution is 2.46. The second-order valence-corrected chi connectivity index (χ2v) is 7.17. The lowest BCUT2D eigenvalue weighted by atomic mass is 9.72. The first-order chi connectivity index (χ1) is 9.31. The van der Waals surface area contributed by atoms with Crippen molar-refractivity contribution < 1.29 is 4.74 Å². The van der Waals surface area contributed by atoms with Crippen molar-refractivity contribution in [2.45, 2.75) is 82.8 Å². The fraction of sp³-hybridized carbons (Fsp3) is 1.00. The van der Waals surface area contributed by atoms with Crippen LogP contribution in [0.3, 0.4) is 0 Å². The van der Waals surface area contributed by atoms with Crippen molar-refractivity contribution in [3.8, 4) is 0 Å². The summed E-state index contributed by atoms with van der Waals surface area (Å²) in [5.41, 5.74) is 0.303. The van der Waals surface area contributed by atoms with Crippen LogP contribution in [-0.2, 0) is 4.74 Å². The fourth-order valence-electron chi connectivity index (χ4n) is 4.93. The van der Waals surface area contributed by atoms with E-state index in [1.54, 1.807) is 0 Å². The lowest BCUT2D eigenvalue weighted by Crippen LogP contribution is -2.43. The van der Waals surface area contributed by atoms with Crippen molar-refractivity contribution in [1.29, 1.82) is 0 Å². The number of rotatable bonds is 3. The summed E-state index contributed by atoms with van der Waals surface area (Å²) < 4.78 is 6.25. The van der Waals surface area contributed by atoms with E-state index in [9.17, 15) is 0 Å². The van der Waals surface area contributed by atoms with E-state index in [1.165, 1.54) is 64.2 Å². The van der Waals surface area contributed by atoms with Crippen molar-refractivity contribution in [3.05, 3.63) is 0 Å². The SMILES string of the molecule is CCNC1CCC(C2CCOC3(CCCCC3)C2)C1. The molecule has 19 heavy (non-hydrogen) atoms. The molecule has 2 nitrogen and oxygen atoms in total. The van der Waals surface area contributed by atoms with Gasteiger partial charge in [-0.3, -0.25) is 0 Å². The second kappa shape index (κ2) is 6.13. The van der Waals surface area contributed by atoms with E-state index >= 15 is 0 Å². The third kappa shape index (κ3) is 3.16. The van der Waals surface area contributed by atoms with E-state index in [4.69, 9.17) is 4.74 Å². The Kier molecular flexibility index (Phi) is 4.48. The standard InChI is InChI=1S/C17H31NO/c1-2-18-16-7-6-14(12-16)15-8-11-19-17(13-15)9-4-3-5-10-17/h14-16,18H,2-13H2,1H3. The molecular weight excluding hydrogens is 234 g/mol. The van der Waals surface area contributed by atoms with Gasteiger partial charge in [-0.2, -0.15) is 0 Å². The lowest BCUT2D eigenvalue weighted by Gasteiger charge is -2.45. The Balaban J connectivity index is 1.56. The smallest absolute Gasteiger partial charge is 0.0685 e. The van der Waals surface area contributed by atoms with E-state index < -0.39 is 0 Å². The molecule has 3 unspecified atom stereocenters. The molecule has 3 aliphatic rings. The van der Waals surface area contributed by atoms with Crippen LogP contribution < -0.4 is 5.32 Å². The van der Waals surface area contributed by atoms with E-state index in [2.05, 4.69) is 12.2 Å².